The normalized spacial score (nSPS) is 13.5. The molecule has 0 aromatic rings. The second-order valence-electron chi connectivity index (χ2n) is 2.47. The van der Waals surface area contributed by atoms with Gasteiger partial charge in [-0.05, 0) is 31.4 Å². The first-order chi connectivity index (χ1) is 5.13. The highest BCUT2D eigenvalue weighted by atomic mass is 19.1. The Labute approximate surface area is 68.1 Å². The molecule has 0 rings (SSSR count). The summed E-state index contributed by atoms with van der Waals surface area (Å²) in [4.78, 5) is 0. The molecule has 0 spiro atoms. The fourth-order valence-corrected chi connectivity index (χ4v) is 0.821. The van der Waals surface area contributed by atoms with Gasteiger partial charge in [0.25, 0.3) is 0 Å². The van der Waals surface area contributed by atoms with Crippen molar-refractivity contribution in [2.75, 3.05) is 0 Å². The Morgan fingerprint density at radius 2 is 2.09 bits per heavy atom. The molecule has 0 saturated heterocycles. The van der Waals surface area contributed by atoms with Crippen LogP contribution in [-0.2, 0) is 0 Å². The third kappa shape index (κ3) is 3.17. The molecule has 0 amide bonds. The van der Waals surface area contributed by atoms with Crippen LogP contribution in [0.15, 0.2) is 35.7 Å². The summed E-state index contributed by atoms with van der Waals surface area (Å²) >= 11 is 0. The maximum Gasteiger partial charge on any atom is 0.128 e. The lowest BCUT2D eigenvalue weighted by Gasteiger charge is -2.00. The predicted octanol–water partition coefficient (Wildman–Crippen LogP) is 3.77. The highest BCUT2D eigenvalue weighted by Crippen LogP contribution is 2.17. The van der Waals surface area contributed by atoms with Crippen molar-refractivity contribution < 1.29 is 4.39 Å². The van der Waals surface area contributed by atoms with E-state index in [1.165, 1.54) is 0 Å². The van der Waals surface area contributed by atoms with E-state index < -0.39 is 0 Å². The van der Waals surface area contributed by atoms with Crippen molar-refractivity contribution in [3.63, 3.8) is 0 Å². The summed E-state index contributed by atoms with van der Waals surface area (Å²) < 4.78 is 13.1. The van der Waals surface area contributed by atoms with Crippen molar-refractivity contribution in [2.24, 2.45) is 0 Å². The number of halogens is 1. The Morgan fingerprint density at radius 3 is 2.36 bits per heavy atom. The largest absolute Gasteiger partial charge is 0.206 e. The minimum atomic E-state index is -0.175. The molecule has 0 aliphatic rings. The number of allylic oxidation sites excluding steroid dienone is 5. The highest BCUT2D eigenvalue weighted by molar-refractivity contribution is 5.32. The van der Waals surface area contributed by atoms with Crippen LogP contribution >= 0.6 is 0 Å². The first-order valence-electron chi connectivity index (χ1n) is 3.80. The van der Waals surface area contributed by atoms with Crippen LogP contribution in [0.1, 0.15) is 27.2 Å². The molecule has 0 nitrogen and oxygen atoms in total. The maximum atomic E-state index is 13.1. The maximum absolute atomic E-state index is 13.1. The molecule has 0 aromatic carbocycles. The third-order valence-corrected chi connectivity index (χ3v) is 1.41. The Kier molecular flexibility index (Phi) is 4.51. The van der Waals surface area contributed by atoms with Crippen LogP contribution in [-0.4, -0.2) is 0 Å². The molecule has 0 fully saturated rings. The van der Waals surface area contributed by atoms with Crippen molar-refractivity contribution in [1.29, 1.82) is 0 Å². The minimum absolute atomic E-state index is 0.175. The van der Waals surface area contributed by atoms with Gasteiger partial charge in [0.15, 0.2) is 0 Å². The lowest BCUT2D eigenvalue weighted by Crippen LogP contribution is -1.83. The van der Waals surface area contributed by atoms with Gasteiger partial charge in [0, 0.05) is 0 Å². The van der Waals surface area contributed by atoms with Crippen LogP contribution in [0.5, 0.6) is 0 Å². The molecular weight excluding hydrogens is 139 g/mol. The zero-order chi connectivity index (χ0) is 8.85. The van der Waals surface area contributed by atoms with E-state index in [2.05, 4.69) is 6.58 Å². The zero-order valence-corrected chi connectivity index (χ0v) is 7.45. The van der Waals surface area contributed by atoms with Gasteiger partial charge in [-0.25, -0.2) is 4.39 Å². The number of rotatable bonds is 3. The summed E-state index contributed by atoms with van der Waals surface area (Å²) in [6.07, 6.45) is 4.33. The van der Waals surface area contributed by atoms with Crippen molar-refractivity contribution >= 4 is 0 Å². The van der Waals surface area contributed by atoms with Crippen LogP contribution in [0.25, 0.3) is 0 Å². The SMILES string of the molecule is C=C(C)/C(F)=C(\C=C/C)CC. The van der Waals surface area contributed by atoms with E-state index in [1.54, 1.807) is 13.0 Å². The van der Waals surface area contributed by atoms with Crippen LogP contribution in [0.3, 0.4) is 0 Å². The van der Waals surface area contributed by atoms with Crippen molar-refractivity contribution in [2.45, 2.75) is 27.2 Å². The van der Waals surface area contributed by atoms with Crippen molar-refractivity contribution in [3.8, 4) is 0 Å². The van der Waals surface area contributed by atoms with E-state index in [4.69, 9.17) is 0 Å². The average Bonchev–Trinajstić information content (AvgIpc) is 1.98. The van der Waals surface area contributed by atoms with Crippen LogP contribution in [0.4, 0.5) is 4.39 Å². The first kappa shape index (κ1) is 10.2. The molecule has 62 valence electrons. The van der Waals surface area contributed by atoms with Gasteiger partial charge in [0.1, 0.15) is 5.83 Å². The standard InChI is InChI=1S/C10H15F/c1-5-7-9(6-2)10(11)8(3)4/h5,7H,3,6H2,1-2,4H3/b7-5-,10-9+. The van der Waals surface area contributed by atoms with E-state index in [-0.39, 0.29) is 5.83 Å². The fourth-order valence-electron chi connectivity index (χ4n) is 0.821. The summed E-state index contributed by atoms with van der Waals surface area (Å²) in [5, 5.41) is 0. The smallest absolute Gasteiger partial charge is 0.128 e. The molecule has 1 heteroatoms. The second-order valence-corrected chi connectivity index (χ2v) is 2.47. The quantitative estimate of drug-likeness (QED) is 0.543. The lowest BCUT2D eigenvalue weighted by molar-refractivity contribution is 0.638. The van der Waals surface area contributed by atoms with Gasteiger partial charge >= 0.3 is 0 Å². The van der Waals surface area contributed by atoms with Gasteiger partial charge in [-0.1, -0.05) is 25.7 Å². The van der Waals surface area contributed by atoms with E-state index in [0.29, 0.717) is 12.0 Å². The highest BCUT2D eigenvalue weighted by Gasteiger charge is 2.00. The molecule has 0 unspecified atom stereocenters. The molecule has 0 radical (unpaired) electrons. The molecule has 0 aromatic heterocycles. The van der Waals surface area contributed by atoms with Crippen LogP contribution < -0.4 is 0 Å². The Bertz CT molecular complexity index is 197. The summed E-state index contributed by atoms with van der Waals surface area (Å²) in [7, 11) is 0. The Hall–Kier alpha value is -0.850. The third-order valence-electron chi connectivity index (χ3n) is 1.41. The van der Waals surface area contributed by atoms with E-state index in [1.807, 2.05) is 19.9 Å². The second kappa shape index (κ2) is 4.89. The van der Waals surface area contributed by atoms with E-state index in [0.717, 1.165) is 5.57 Å². The summed E-state index contributed by atoms with van der Waals surface area (Å²) in [6, 6.07) is 0. The summed E-state index contributed by atoms with van der Waals surface area (Å²) in [5.41, 5.74) is 1.22. The number of hydrogen-bond donors (Lipinski definition) is 0. The molecule has 11 heavy (non-hydrogen) atoms. The predicted molar refractivity (Wildman–Crippen MR) is 48.1 cm³/mol. The first-order valence-corrected chi connectivity index (χ1v) is 3.80. The van der Waals surface area contributed by atoms with Gasteiger partial charge in [-0.15, -0.1) is 0 Å². The van der Waals surface area contributed by atoms with E-state index in [9.17, 15) is 4.39 Å². The topological polar surface area (TPSA) is 0 Å². The minimum Gasteiger partial charge on any atom is -0.206 e. The van der Waals surface area contributed by atoms with Crippen LogP contribution in [0.2, 0.25) is 0 Å². The molecule has 0 aliphatic carbocycles. The molecule has 0 atom stereocenters. The van der Waals surface area contributed by atoms with Gasteiger partial charge in [-0.2, -0.15) is 0 Å². The number of hydrogen-bond acceptors (Lipinski definition) is 0. The van der Waals surface area contributed by atoms with E-state index >= 15 is 0 Å². The van der Waals surface area contributed by atoms with Crippen molar-refractivity contribution in [3.05, 3.63) is 35.7 Å². The molecule has 0 bridgehead atoms. The van der Waals surface area contributed by atoms with Gasteiger partial charge in [-0.3, -0.25) is 0 Å². The van der Waals surface area contributed by atoms with Crippen molar-refractivity contribution in [1.82, 2.24) is 0 Å². The Morgan fingerprint density at radius 1 is 1.55 bits per heavy atom. The van der Waals surface area contributed by atoms with Gasteiger partial charge < -0.3 is 0 Å². The van der Waals surface area contributed by atoms with Gasteiger partial charge in [0.2, 0.25) is 0 Å². The van der Waals surface area contributed by atoms with Crippen LogP contribution in [0, 0.1) is 0 Å². The average molecular weight is 154 g/mol. The molecule has 0 N–H and O–H groups in total. The van der Waals surface area contributed by atoms with Gasteiger partial charge in [0.05, 0.1) is 0 Å². The monoisotopic (exact) mass is 154 g/mol. The Balaban J connectivity index is 4.67. The molecular formula is C10H15F. The molecule has 0 heterocycles. The molecule has 0 aliphatic heterocycles. The lowest BCUT2D eigenvalue weighted by atomic mass is 10.1. The zero-order valence-electron chi connectivity index (χ0n) is 7.45. The summed E-state index contributed by atoms with van der Waals surface area (Å²) in [5.74, 6) is -0.175. The summed E-state index contributed by atoms with van der Waals surface area (Å²) in [6.45, 7) is 9.02. The fraction of sp³-hybridized carbons (Fsp3) is 0.400. The molecule has 0 saturated carbocycles.